The van der Waals surface area contributed by atoms with Crippen molar-refractivity contribution in [2.45, 2.75) is 33.7 Å². The molecule has 9 nitrogen and oxygen atoms in total. The van der Waals surface area contributed by atoms with Crippen molar-refractivity contribution in [3.63, 3.8) is 0 Å². The van der Waals surface area contributed by atoms with E-state index in [9.17, 15) is 4.79 Å². The second-order valence-electron chi connectivity index (χ2n) is 6.92. The molecule has 0 saturated heterocycles. The smallest absolute Gasteiger partial charge is 0.276 e. The molecule has 160 valence electrons. The molecular weight excluding hydrogens is 418 g/mol. The number of hydrogen-bond donors (Lipinski definition) is 1. The summed E-state index contributed by atoms with van der Waals surface area (Å²) in [6.07, 6.45) is 6.92. The highest BCUT2D eigenvalue weighted by atomic mass is 35.5. The molecule has 0 aliphatic rings. The molecule has 1 aromatic carbocycles. The van der Waals surface area contributed by atoms with Crippen LogP contribution in [0.25, 0.3) is 0 Å². The first-order chi connectivity index (χ1) is 15.0. The Bertz CT molecular complexity index is 1180. The van der Waals surface area contributed by atoms with Crippen molar-refractivity contribution >= 4 is 23.2 Å². The van der Waals surface area contributed by atoms with Gasteiger partial charge in [0.05, 0.1) is 24.6 Å². The van der Waals surface area contributed by atoms with Gasteiger partial charge in [0, 0.05) is 35.2 Å². The van der Waals surface area contributed by atoms with Crippen LogP contribution in [0.3, 0.4) is 0 Å². The lowest BCUT2D eigenvalue weighted by Crippen LogP contribution is -2.14. The molecule has 3 heterocycles. The van der Waals surface area contributed by atoms with Crippen LogP contribution in [0.4, 0.5) is 5.69 Å². The first-order valence-electron chi connectivity index (χ1n) is 9.78. The zero-order valence-electron chi connectivity index (χ0n) is 17.2. The number of aromatic nitrogens is 6. The molecule has 3 aromatic heterocycles. The normalized spacial score (nSPS) is 10.9. The predicted octanol–water partition coefficient (Wildman–Crippen LogP) is 3.59. The molecule has 0 bridgehead atoms. The van der Waals surface area contributed by atoms with Gasteiger partial charge in [0.25, 0.3) is 5.91 Å². The van der Waals surface area contributed by atoms with Gasteiger partial charge in [-0.3, -0.25) is 14.2 Å². The number of nitrogens with one attached hydrogen (secondary N) is 1. The molecule has 0 fully saturated rings. The lowest BCUT2D eigenvalue weighted by Gasteiger charge is -2.06. The Balaban J connectivity index is 1.33. The Morgan fingerprint density at radius 2 is 1.94 bits per heavy atom. The van der Waals surface area contributed by atoms with E-state index in [1.165, 1.54) is 0 Å². The van der Waals surface area contributed by atoms with Crippen molar-refractivity contribution in [2.24, 2.45) is 0 Å². The predicted molar refractivity (Wildman–Crippen MR) is 116 cm³/mol. The standard InChI is InChI=1S/C21H22ClN7O2/c1-3-29-15(2)16(10-24-29)12-28-13-18(11-23-28)25-21(30)20-8-9-27(26-20)14-31-19-6-4-17(22)5-7-19/h4-11,13H,3,12,14H2,1-2H3,(H,25,30). The average molecular weight is 440 g/mol. The van der Waals surface area contributed by atoms with Crippen molar-refractivity contribution < 1.29 is 9.53 Å². The Morgan fingerprint density at radius 3 is 2.68 bits per heavy atom. The number of hydrogen-bond acceptors (Lipinski definition) is 5. The summed E-state index contributed by atoms with van der Waals surface area (Å²) in [6, 6.07) is 8.66. The molecule has 4 aromatic rings. The van der Waals surface area contributed by atoms with E-state index < -0.39 is 0 Å². The van der Waals surface area contributed by atoms with E-state index in [2.05, 4.69) is 27.5 Å². The lowest BCUT2D eigenvalue weighted by atomic mass is 10.2. The number of carbonyl (C=O) groups is 1. The number of carbonyl (C=O) groups excluding carboxylic acids is 1. The van der Waals surface area contributed by atoms with Crippen LogP contribution in [-0.4, -0.2) is 35.2 Å². The van der Waals surface area contributed by atoms with E-state index >= 15 is 0 Å². The van der Waals surface area contributed by atoms with Gasteiger partial charge in [-0.2, -0.15) is 15.3 Å². The molecule has 31 heavy (non-hydrogen) atoms. The maximum absolute atomic E-state index is 12.5. The summed E-state index contributed by atoms with van der Waals surface area (Å²) in [5.74, 6) is 0.345. The Kier molecular flexibility index (Phi) is 6.03. The summed E-state index contributed by atoms with van der Waals surface area (Å²) in [4.78, 5) is 12.5. The van der Waals surface area contributed by atoms with E-state index in [1.807, 2.05) is 17.8 Å². The highest BCUT2D eigenvalue weighted by Crippen LogP contribution is 2.16. The molecule has 0 radical (unpaired) electrons. The number of aryl methyl sites for hydroxylation is 1. The van der Waals surface area contributed by atoms with Crippen LogP contribution in [0.2, 0.25) is 5.02 Å². The van der Waals surface area contributed by atoms with Crippen molar-refractivity contribution in [2.75, 3.05) is 5.32 Å². The number of benzene rings is 1. The van der Waals surface area contributed by atoms with Gasteiger partial charge in [-0.05, 0) is 44.2 Å². The zero-order valence-corrected chi connectivity index (χ0v) is 18.0. The first kappa shape index (κ1) is 20.7. The van der Waals surface area contributed by atoms with Gasteiger partial charge in [-0.15, -0.1) is 0 Å². The van der Waals surface area contributed by atoms with Crippen molar-refractivity contribution in [3.8, 4) is 5.75 Å². The molecule has 10 heteroatoms. The minimum absolute atomic E-state index is 0.178. The fourth-order valence-corrected chi connectivity index (χ4v) is 3.20. The summed E-state index contributed by atoms with van der Waals surface area (Å²) < 4.78 is 10.9. The molecular formula is C21H22ClN7O2. The Morgan fingerprint density at radius 1 is 1.13 bits per heavy atom. The number of rotatable bonds is 8. The Hall–Kier alpha value is -3.59. The lowest BCUT2D eigenvalue weighted by molar-refractivity contribution is 0.102. The molecule has 0 atom stereocenters. The van der Waals surface area contributed by atoms with Gasteiger partial charge < -0.3 is 10.1 Å². The number of halogens is 1. The molecule has 0 aliphatic heterocycles. The maximum atomic E-state index is 12.5. The fourth-order valence-electron chi connectivity index (χ4n) is 3.07. The summed E-state index contributed by atoms with van der Waals surface area (Å²) >= 11 is 5.86. The van der Waals surface area contributed by atoms with E-state index in [4.69, 9.17) is 16.3 Å². The second-order valence-corrected chi connectivity index (χ2v) is 7.36. The van der Waals surface area contributed by atoms with Gasteiger partial charge in [0.15, 0.2) is 12.4 Å². The average Bonchev–Trinajstić information content (AvgIpc) is 3.49. The van der Waals surface area contributed by atoms with Crippen molar-refractivity contribution in [1.29, 1.82) is 0 Å². The maximum Gasteiger partial charge on any atom is 0.276 e. The molecule has 4 rings (SSSR count). The van der Waals surface area contributed by atoms with E-state index in [-0.39, 0.29) is 18.3 Å². The van der Waals surface area contributed by atoms with Crippen LogP contribution in [0, 0.1) is 6.92 Å². The summed E-state index contributed by atoms with van der Waals surface area (Å²) in [6.45, 7) is 5.67. The van der Waals surface area contributed by atoms with Crippen LogP contribution in [-0.2, 0) is 19.8 Å². The largest absolute Gasteiger partial charge is 0.471 e. The van der Waals surface area contributed by atoms with Crippen LogP contribution in [0.5, 0.6) is 5.75 Å². The first-order valence-corrected chi connectivity index (χ1v) is 10.2. The van der Waals surface area contributed by atoms with Gasteiger partial charge in [0.2, 0.25) is 0 Å². The van der Waals surface area contributed by atoms with E-state index in [0.29, 0.717) is 23.0 Å². The molecule has 1 amide bonds. The minimum Gasteiger partial charge on any atom is -0.471 e. The molecule has 0 aliphatic carbocycles. The topological polar surface area (TPSA) is 91.8 Å². The van der Waals surface area contributed by atoms with Crippen LogP contribution < -0.4 is 10.1 Å². The molecule has 0 unspecified atom stereocenters. The molecule has 0 spiro atoms. The van der Waals surface area contributed by atoms with Crippen molar-refractivity contribution in [3.05, 3.63) is 77.1 Å². The van der Waals surface area contributed by atoms with Gasteiger partial charge >= 0.3 is 0 Å². The third-order valence-corrected chi connectivity index (χ3v) is 5.03. The zero-order chi connectivity index (χ0) is 21.8. The number of nitrogens with zero attached hydrogens (tertiary/aromatic N) is 6. The second kappa shape index (κ2) is 9.05. The number of anilines is 1. The fraction of sp³-hybridized carbons (Fsp3) is 0.238. The van der Waals surface area contributed by atoms with Crippen LogP contribution in [0.1, 0.15) is 28.7 Å². The molecule has 1 N–H and O–H groups in total. The van der Waals surface area contributed by atoms with Gasteiger partial charge in [0.1, 0.15) is 5.75 Å². The van der Waals surface area contributed by atoms with Gasteiger partial charge in [-0.1, -0.05) is 11.6 Å². The van der Waals surface area contributed by atoms with Gasteiger partial charge in [-0.25, -0.2) is 4.68 Å². The molecule has 0 saturated carbocycles. The van der Waals surface area contributed by atoms with Crippen LogP contribution >= 0.6 is 11.6 Å². The highest BCUT2D eigenvalue weighted by molar-refractivity contribution is 6.30. The van der Waals surface area contributed by atoms with E-state index in [1.54, 1.807) is 58.3 Å². The third kappa shape index (κ3) is 4.95. The highest BCUT2D eigenvalue weighted by Gasteiger charge is 2.12. The van der Waals surface area contributed by atoms with E-state index in [0.717, 1.165) is 17.8 Å². The van der Waals surface area contributed by atoms with Crippen molar-refractivity contribution in [1.82, 2.24) is 29.3 Å². The third-order valence-electron chi connectivity index (χ3n) is 4.78. The quantitative estimate of drug-likeness (QED) is 0.453. The SMILES string of the molecule is CCn1ncc(Cn2cc(NC(=O)c3ccn(COc4ccc(Cl)cc4)n3)cn2)c1C. The monoisotopic (exact) mass is 439 g/mol. The summed E-state index contributed by atoms with van der Waals surface area (Å²) in [5, 5.41) is 16.4. The Labute approximate surface area is 184 Å². The summed E-state index contributed by atoms with van der Waals surface area (Å²) in [7, 11) is 0. The summed E-state index contributed by atoms with van der Waals surface area (Å²) in [5.41, 5.74) is 3.07. The van der Waals surface area contributed by atoms with Crippen LogP contribution in [0.15, 0.2) is 55.1 Å². The number of amides is 1. The number of ether oxygens (including phenoxy) is 1. The minimum atomic E-state index is -0.320.